The fraction of sp³-hybridized carbons (Fsp3) is 0.310. The summed E-state index contributed by atoms with van der Waals surface area (Å²) in [5, 5.41) is 3.01. The average Bonchev–Trinajstić information content (AvgIpc) is 2.94. The van der Waals surface area contributed by atoms with Crippen LogP contribution >= 0.6 is 23.2 Å². The summed E-state index contributed by atoms with van der Waals surface area (Å²) < 4.78 is 42.4. The normalized spacial score (nSPS) is 12.8. The van der Waals surface area contributed by atoms with Crippen molar-refractivity contribution in [3.8, 4) is 0 Å². The standard InChI is InChI=1S/C29H32Cl2FN3O4S/c1-4-20(3)33-29(37)27(5-2)34(18-21-11-9-10-14-24(21)30)28(36)19-35(22-15-16-26(32)25(31)17-22)40(38,39)23-12-7-6-8-13-23/h6-17,20,27H,4-5,18-19H2,1-3H3,(H,33,37)/t20-,27-/m0/s1. The van der Waals surface area contributed by atoms with E-state index >= 15 is 0 Å². The second kappa shape index (κ2) is 14.0. The van der Waals surface area contributed by atoms with Gasteiger partial charge in [0.05, 0.1) is 15.6 Å². The monoisotopic (exact) mass is 607 g/mol. The van der Waals surface area contributed by atoms with Crippen molar-refractivity contribution in [2.24, 2.45) is 0 Å². The largest absolute Gasteiger partial charge is 0.352 e. The molecule has 3 aromatic rings. The zero-order chi connectivity index (χ0) is 29.4. The minimum Gasteiger partial charge on any atom is -0.352 e. The van der Waals surface area contributed by atoms with E-state index in [1.807, 2.05) is 13.8 Å². The predicted molar refractivity (Wildman–Crippen MR) is 156 cm³/mol. The number of carbonyl (C=O) groups excluding carboxylic acids is 2. The van der Waals surface area contributed by atoms with Gasteiger partial charge in [0.15, 0.2) is 0 Å². The lowest BCUT2D eigenvalue weighted by molar-refractivity contribution is -0.140. The van der Waals surface area contributed by atoms with Gasteiger partial charge >= 0.3 is 0 Å². The third-order valence-electron chi connectivity index (χ3n) is 6.49. The SMILES string of the molecule is CC[C@H](C)NC(=O)[C@H](CC)N(Cc1ccccc1Cl)C(=O)CN(c1ccc(F)c(Cl)c1)S(=O)(=O)c1ccccc1. The van der Waals surface area contributed by atoms with Gasteiger partial charge in [-0.2, -0.15) is 0 Å². The van der Waals surface area contributed by atoms with Gasteiger partial charge in [0.1, 0.15) is 18.4 Å². The molecule has 3 aromatic carbocycles. The molecule has 2 amide bonds. The van der Waals surface area contributed by atoms with Crippen molar-refractivity contribution < 1.29 is 22.4 Å². The molecule has 0 saturated carbocycles. The van der Waals surface area contributed by atoms with E-state index in [0.29, 0.717) is 17.0 Å². The van der Waals surface area contributed by atoms with E-state index in [-0.39, 0.29) is 40.5 Å². The van der Waals surface area contributed by atoms with Crippen LogP contribution in [0.15, 0.2) is 77.7 Å². The lowest BCUT2D eigenvalue weighted by Gasteiger charge is -2.34. The highest BCUT2D eigenvalue weighted by molar-refractivity contribution is 7.92. The number of anilines is 1. The maximum atomic E-state index is 14.0. The Morgan fingerprint density at radius 3 is 2.17 bits per heavy atom. The molecule has 40 heavy (non-hydrogen) atoms. The van der Waals surface area contributed by atoms with Crippen LogP contribution in [0.25, 0.3) is 0 Å². The van der Waals surface area contributed by atoms with E-state index in [1.165, 1.54) is 23.1 Å². The van der Waals surface area contributed by atoms with Crippen molar-refractivity contribution in [3.63, 3.8) is 0 Å². The van der Waals surface area contributed by atoms with Crippen LogP contribution in [0.5, 0.6) is 0 Å². The van der Waals surface area contributed by atoms with Gasteiger partial charge < -0.3 is 10.2 Å². The molecule has 0 saturated heterocycles. The van der Waals surface area contributed by atoms with Gasteiger partial charge in [-0.3, -0.25) is 13.9 Å². The van der Waals surface area contributed by atoms with E-state index in [1.54, 1.807) is 49.4 Å². The maximum absolute atomic E-state index is 14.0. The molecular weight excluding hydrogens is 576 g/mol. The fourth-order valence-electron chi connectivity index (χ4n) is 4.06. The van der Waals surface area contributed by atoms with Crippen LogP contribution in [0.4, 0.5) is 10.1 Å². The number of nitrogens with zero attached hydrogens (tertiary/aromatic N) is 2. The molecule has 0 aliphatic heterocycles. The molecule has 0 unspecified atom stereocenters. The van der Waals surface area contributed by atoms with Crippen LogP contribution in [0.1, 0.15) is 39.2 Å². The smallest absolute Gasteiger partial charge is 0.264 e. The Morgan fingerprint density at radius 2 is 1.57 bits per heavy atom. The molecule has 2 atom stereocenters. The Labute approximate surface area is 244 Å². The van der Waals surface area contributed by atoms with Gasteiger partial charge in [-0.1, -0.05) is 73.4 Å². The molecule has 0 bridgehead atoms. The third-order valence-corrected chi connectivity index (χ3v) is 8.93. The first-order valence-corrected chi connectivity index (χ1v) is 15.0. The average molecular weight is 609 g/mol. The van der Waals surface area contributed by atoms with Crippen LogP contribution in [0, 0.1) is 5.82 Å². The Bertz CT molecular complexity index is 1440. The van der Waals surface area contributed by atoms with Crippen molar-refractivity contribution in [1.29, 1.82) is 0 Å². The molecule has 0 fully saturated rings. The maximum Gasteiger partial charge on any atom is 0.264 e. The van der Waals surface area contributed by atoms with Crippen molar-refractivity contribution in [2.45, 2.75) is 57.1 Å². The molecule has 11 heteroatoms. The van der Waals surface area contributed by atoms with E-state index in [0.717, 1.165) is 16.4 Å². The van der Waals surface area contributed by atoms with Crippen LogP contribution in [0.3, 0.4) is 0 Å². The second-order valence-corrected chi connectivity index (χ2v) is 12.0. The topological polar surface area (TPSA) is 86.8 Å². The Balaban J connectivity index is 2.08. The molecule has 0 aliphatic carbocycles. The van der Waals surface area contributed by atoms with Crippen molar-refractivity contribution in [3.05, 3.63) is 94.2 Å². The Kier molecular flexibility index (Phi) is 11.0. The number of nitrogens with one attached hydrogen (secondary N) is 1. The number of sulfonamides is 1. The Morgan fingerprint density at radius 1 is 0.925 bits per heavy atom. The van der Waals surface area contributed by atoms with Crippen LogP contribution in [0.2, 0.25) is 10.0 Å². The molecule has 0 aromatic heterocycles. The van der Waals surface area contributed by atoms with Gasteiger partial charge in [-0.25, -0.2) is 12.8 Å². The van der Waals surface area contributed by atoms with Crippen LogP contribution in [-0.4, -0.2) is 43.8 Å². The first kappa shape index (κ1) is 31.4. The molecule has 3 rings (SSSR count). The number of hydrogen-bond acceptors (Lipinski definition) is 4. The summed E-state index contributed by atoms with van der Waals surface area (Å²) in [5.41, 5.74) is 0.591. The van der Waals surface area contributed by atoms with Gasteiger partial charge in [0.2, 0.25) is 11.8 Å². The molecule has 0 spiro atoms. The van der Waals surface area contributed by atoms with Gasteiger partial charge in [0.25, 0.3) is 10.0 Å². The van der Waals surface area contributed by atoms with Gasteiger partial charge in [0, 0.05) is 17.6 Å². The second-order valence-electron chi connectivity index (χ2n) is 9.28. The summed E-state index contributed by atoms with van der Waals surface area (Å²) in [6.07, 6.45) is 0.960. The zero-order valence-electron chi connectivity index (χ0n) is 22.5. The summed E-state index contributed by atoms with van der Waals surface area (Å²) in [6, 6.07) is 16.9. The van der Waals surface area contributed by atoms with Gasteiger partial charge in [-0.05, 0) is 61.7 Å². The number of benzene rings is 3. The molecular formula is C29H32Cl2FN3O4S. The first-order valence-electron chi connectivity index (χ1n) is 12.9. The number of halogens is 3. The lowest BCUT2D eigenvalue weighted by Crippen LogP contribution is -2.53. The van der Waals surface area contributed by atoms with Crippen molar-refractivity contribution >= 4 is 50.7 Å². The highest BCUT2D eigenvalue weighted by atomic mass is 35.5. The summed E-state index contributed by atoms with van der Waals surface area (Å²) in [6.45, 7) is 4.85. The van der Waals surface area contributed by atoms with E-state index in [9.17, 15) is 22.4 Å². The fourth-order valence-corrected chi connectivity index (χ4v) is 5.86. The van der Waals surface area contributed by atoms with Crippen LogP contribution < -0.4 is 9.62 Å². The number of carbonyl (C=O) groups is 2. The minimum absolute atomic E-state index is 0.00148. The predicted octanol–water partition coefficient (Wildman–Crippen LogP) is 6.05. The molecule has 0 aliphatic rings. The third kappa shape index (κ3) is 7.53. The zero-order valence-corrected chi connectivity index (χ0v) is 24.8. The highest BCUT2D eigenvalue weighted by Gasteiger charge is 2.34. The summed E-state index contributed by atoms with van der Waals surface area (Å²) in [7, 11) is -4.29. The lowest BCUT2D eigenvalue weighted by atomic mass is 10.1. The molecule has 0 radical (unpaired) electrons. The molecule has 214 valence electrons. The summed E-state index contributed by atoms with van der Waals surface area (Å²) in [5.74, 6) is -1.74. The number of amides is 2. The van der Waals surface area contributed by atoms with E-state index < -0.39 is 34.3 Å². The molecule has 0 heterocycles. The highest BCUT2D eigenvalue weighted by Crippen LogP contribution is 2.29. The van der Waals surface area contributed by atoms with Crippen molar-refractivity contribution in [1.82, 2.24) is 10.2 Å². The van der Waals surface area contributed by atoms with E-state index in [2.05, 4.69) is 5.32 Å². The van der Waals surface area contributed by atoms with E-state index in [4.69, 9.17) is 23.2 Å². The molecule has 1 N–H and O–H groups in total. The first-order chi connectivity index (χ1) is 19.0. The van der Waals surface area contributed by atoms with Gasteiger partial charge in [-0.15, -0.1) is 0 Å². The number of rotatable bonds is 12. The van der Waals surface area contributed by atoms with Crippen molar-refractivity contribution in [2.75, 3.05) is 10.8 Å². The quantitative estimate of drug-likeness (QED) is 0.271. The van der Waals surface area contributed by atoms with Crippen LogP contribution in [-0.2, 0) is 26.2 Å². The minimum atomic E-state index is -4.29. The molecule has 7 nitrogen and oxygen atoms in total. The number of hydrogen-bond donors (Lipinski definition) is 1. The summed E-state index contributed by atoms with van der Waals surface area (Å²) >= 11 is 12.4. The Hall–Kier alpha value is -3.14. The summed E-state index contributed by atoms with van der Waals surface area (Å²) in [4.78, 5) is 28.6.